The standard InChI is InChI=1S/C12H22N2O/c1-2-3-8-14-12(15)11-6-4-10(9-13)5-7-11/h2,10-11H,1,3-9,13H2,(H,14,15). The molecule has 0 aromatic carbocycles. The maximum atomic E-state index is 11.7. The van der Waals surface area contributed by atoms with Crippen molar-refractivity contribution < 1.29 is 4.79 Å². The maximum Gasteiger partial charge on any atom is 0.223 e. The third-order valence-corrected chi connectivity index (χ3v) is 3.20. The molecule has 1 amide bonds. The molecule has 3 nitrogen and oxygen atoms in total. The summed E-state index contributed by atoms with van der Waals surface area (Å²) in [6.45, 7) is 5.12. The summed E-state index contributed by atoms with van der Waals surface area (Å²) in [5.74, 6) is 1.08. The van der Waals surface area contributed by atoms with E-state index in [1.807, 2.05) is 6.08 Å². The van der Waals surface area contributed by atoms with Crippen molar-refractivity contribution in [2.75, 3.05) is 13.1 Å². The quantitative estimate of drug-likeness (QED) is 0.533. The summed E-state index contributed by atoms with van der Waals surface area (Å²) in [6, 6.07) is 0. The van der Waals surface area contributed by atoms with E-state index in [4.69, 9.17) is 5.73 Å². The molecule has 86 valence electrons. The fourth-order valence-electron chi connectivity index (χ4n) is 2.10. The number of amides is 1. The van der Waals surface area contributed by atoms with Crippen molar-refractivity contribution in [3.63, 3.8) is 0 Å². The number of hydrogen-bond acceptors (Lipinski definition) is 2. The van der Waals surface area contributed by atoms with Gasteiger partial charge in [0.2, 0.25) is 5.91 Å². The van der Waals surface area contributed by atoms with Gasteiger partial charge in [0.25, 0.3) is 0 Å². The van der Waals surface area contributed by atoms with Crippen molar-refractivity contribution in [1.29, 1.82) is 0 Å². The Labute approximate surface area is 92.1 Å². The van der Waals surface area contributed by atoms with Crippen LogP contribution in [0.25, 0.3) is 0 Å². The van der Waals surface area contributed by atoms with Crippen molar-refractivity contribution in [3.05, 3.63) is 12.7 Å². The van der Waals surface area contributed by atoms with Gasteiger partial charge >= 0.3 is 0 Å². The van der Waals surface area contributed by atoms with E-state index in [1.165, 1.54) is 0 Å². The van der Waals surface area contributed by atoms with Crippen LogP contribution in [0.1, 0.15) is 32.1 Å². The molecule has 0 saturated heterocycles. The molecule has 15 heavy (non-hydrogen) atoms. The van der Waals surface area contributed by atoms with Gasteiger partial charge in [0.15, 0.2) is 0 Å². The van der Waals surface area contributed by atoms with Crippen molar-refractivity contribution in [2.24, 2.45) is 17.6 Å². The molecule has 1 rings (SSSR count). The van der Waals surface area contributed by atoms with E-state index in [2.05, 4.69) is 11.9 Å². The molecular formula is C12H22N2O. The topological polar surface area (TPSA) is 55.1 Å². The molecule has 1 saturated carbocycles. The lowest BCUT2D eigenvalue weighted by molar-refractivity contribution is -0.126. The molecule has 1 fully saturated rings. The second kappa shape index (κ2) is 6.62. The van der Waals surface area contributed by atoms with Gasteiger partial charge in [-0.1, -0.05) is 6.08 Å². The first-order valence-corrected chi connectivity index (χ1v) is 5.86. The summed E-state index contributed by atoms with van der Waals surface area (Å²) in [7, 11) is 0. The summed E-state index contributed by atoms with van der Waals surface area (Å²) >= 11 is 0. The average Bonchev–Trinajstić information content (AvgIpc) is 2.29. The minimum absolute atomic E-state index is 0.215. The van der Waals surface area contributed by atoms with Crippen LogP contribution >= 0.6 is 0 Å². The molecular weight excluding hydrogens is 188 g/mol. The SMILES string of the molecule is C=CCCNC(=O)C1CCC(CN)CC1. The van der Waals surface area contributed by atoms with Crippen molar-refractivity contribution in [1.82, 2.24) is 5.32 Å². The van der Waals surface area contributed by atoms with Crippen molar-refractivity contribution in [3.8, 4) is 0 Å². The zero-order valence-electron chi connectivity index (χ0n) is 9.37. The predicted octanol–water partition coefficient (Wildman–Crippen LogP) is 1.44. The van der Waals surface area contributed by atoms with Crippen LogP contribution in [0.2, 0.25) is 0 Å². The summed E-state index contributed by atoms with van der Waals surface area (Å²) in [6.07, 6.45) is 6.89. The molecule has 0 aromatic heterocycles. The molecule has 0 unspecified atom stereocenters. The Balaban J connectivity index is 2.20. The van der Waals surface area contributed by atoms with Gasteiger partial charge in [0.1, 0.15) is 0 Å². The second-order valence-electron chi connectivity index (χ2n) is 4.32. The predicted molar refractivity (Wildman–Crippen MR) is 62.3 cm³/mol. The molecule has 3 N–H and O–H groups in total. The number of rotatable bonds is 5. The van der Waals surface area contributed by atoms with Gasteiger partial charge in [0.05, 0.1) is 0 Å². The Bertz CT molecular complexity index is 208. The third-order valence-electron chi connectivity index (χ3n) is 3.20. The van der Waals surface area contributed by atoms with Gasteiger partial charge in [0, 0.05) is 12.5 Å². The van der Waals surface area contributed by atoms with Crippen LogP contribution in [0.5, 0.6) is 0 Å². The lowest BCUT2D eigenvalue weighted by atomic mass is 9.81. The molecule has 1 aliphatic rings. The second-order valence-corrected chi connectivity index (χ2v) is 4.32. The Hall–Kier alpha value is -0.830. The van der Waals surface area contributed by atoms with Gasteiger partial charge in [-0.2, -0.15) is 0 Å². The highest BCUT2D eigenvalue weighted by Crippen LogP contribution is 2.27. The fourth-order valence-corrected chi connectivity index (χ4v) is 2.10. The van der Waals surface area contributed by atoms with Gasteiger partial charge < -0.3 is 11.1 Å². The van der Waals surface area contributed by atoms with Crippen LogP contribution in [0.15, 0.2) is 12.7 Å². The molecule has 1 aliphatic carbocycles. The summed E-state index contributed by atoms with van der Waals surface area (Å²) < 4.78 is 0. The zero-order chi connectivity index (χ0) is 11.1. The van der Waals surface area contributed by atoms with E-state index < -0.39 is 0 Å². The van der Waals surface area contributed by atoms with Gasteiger partial charge in [-0.05, 0) is 44.6 Å². The Morgan fingerprint density at radius 3 is 2.60 bits per heavy atom. The Morgan fingerprint density at radius 1 is 1.40 bits per heavy atom. The molecule has 0 spiro atoms. The molecule has 0 atom stereocenters. The minimum Gasteiger partial charge on any atom is -0.356 e. The first-order valence-electron chi connectivity index (χ1n) is 5.86. The molecule has 0 bridgehead atoms. The molecule has 0 aromatic rings. The van der Waals surface area contributed by atoms with E-state index >= 15 is 0 Å². The number of nitrogens with two attached hydrogens (primary N) is 1. The summed E-state index contributed by atoms with van der Waals surface area (Å²) in [5.41, 5.74) is 5.61. The number of nitrogens with one attached hydrogen (secondary N) is 1. The smallest absolute Gasteiger partial charge is 0.223 e. The van der Waals surface area contributed by atoms with Crippen molar-refractivity contribution >= 4 is 5.91 Å². The van der Waals surface area contributed by atoms with E-state index in [9.17, 15) is 4.79 Å². The lowest BCUT2D eigenvalue weighted by Gasteiger charge is -2.26. The first-order chi connectivity index (χ1) is 7.27. The van der Waals surface area contributed by atoms with Gasteiger partial charge in [-0.15, -0.1) is 6.58 Å². The number of hydrogen-bond donors (Lipinski definition) is 2. The minimum atomic E-state index is 0.215. The van der Waals surface area contributed by atoms with E-state index in [0.29, 0.717) is 5.92 Å². The van der Waals surface area contributed by atoms with Gasteiger partial charge in [-0.3, -0.25) is 4.79 Å². The largest absolute Gasteiger partial charge is 0.356 e. The molecule has 3 heteroatoms. The molecule has 0 heterocycles. The Morgan fingerprint density at radius 2 is 2.07 bits per heavy atom. The monoisotopic (exact) mass is 210 g/mol. The van der Waals surface area contributed by atoms with Crippen LogP contribution in [0, 0.1) is 11.8 Å². The highest BCUT2D eigenvalue weighted by Gasteiger charge is 2.24. The highest BCUT2D eigenvalue weighted by atomic mass is 16.1. The first kappa shape index (κ1) is 12.2. The normalized spacial score (nSPS) is 25.9. The van der Waals surface area contributed by atoms with E-state index in [1.54, 1.807) is 0 Å². The Kier molecular flexibility index (Phi) is 5.40. The fraction of sp³-hybridized carbons (Fsp3) is 0.750. The van der Waals surface area contributed by atoms with Crippen LogP contribution in [-0.4, -0.2) is 19.0 Å². The van der Waals surface area contributed by atoms with Crippen LogP contribution in [0.3, 0.4) is 0 Å². The summed E-state index contributed by atoms with van der Waals surface area (Å²) in [4.78, 5) is 11.7. The average molecular weight is 210 g/mol. The maximum absolute atomic E-state index is 11.7. The van der Waals surface area contributed by atoms with E-state index in [-0.39, 0.29) is 11.8 Å². The summed E-state index contributed by atoms with van der Waals surface area (Å²) in [5, 5.41) is 2.94. The number of carbonyl (C=O) groups is 1. The lowest BCUT2D eigenvalue weighted by Crippen LogP contribution is -2.34. The van der Waals surface area contributed by atoms with Crippen LogP contribution in [0.4, 0.5) is 0 Å². The van der Waals surface area contributed by atoms with E-state index in [0.717, 1.165) is 45.2 Å². The highest BCUT2D eigenvalue weighted by molar-refractivity contribution is 5.78. The van der Waals surface area contributed by atoms with Crippen LogP contribution in [-0.2, 0) is 4.79 Å². The molecule has 0 aliphatic heterocycles. The van der Waals surface area contributed by atoms with Crippen molar-refractivity contribution in [2.45, 2.75) is 32.1 Å². The third kappa shape index (κ3) is 4.04. The zero-order valence-corrected chi connectivity index (χ0v) is 9.37. The van der Waals surface area contributed by atoms with Gasteiger partial charge in [-0.25, -0.2) is 0 Å². The molecule has 0 radical (unpaired) electrons. The van der Waals surface area contributed by atoms with Crippen LogP contribution < -0.4 is 11.1 Å². The number of carbonyl (C=O) groups excluding carboxylic acids is 1.